The topological polar surface area (TPSA) is 17.1 Å². The van der Waals surface area contributed by atoms with Crippen LogP contribution in [0.15, 0.2) is 47.9 Å². The molecule has 2 heteroatoms. The predicted molar refractivity (Wildman–Crippen MR) is 77.8 cm³/mol. The van der Waals surface area contributed by atoms with Crippen molar-refractivity contribution in [2.24, 2.45) is 11.8 Å². The molecule has 1 aromatic carbocycles. The van der Waals surface area contributed by atoms with Gasteiger partial charge in [0.2, 0.25) is 0 Å². The average Bonchev–Trinajstić information content (AvgIpc) is 2.59. The number of benzene rings is 1. The van der Waals surface area contributed by atoms with Crippen molar-refractivity contribution in [3.8, 4) is 0 Å². The van der Waals surface area contributed by atoms with E-state index in [-0.39, 0.29) is 5.92 Å². The van der Waals surface area contributed by atoms with Gasteiger partial charge in [-0.1, -0.05) is 30.7 Å². The minimum Gasteiger partial charge on any atom is -0.299 e. The Kier molecular flexibility index (Phi) is 5.06. The molecule has 1 aromatic rings. The lowest BCUT2D eigenvalue weighted by molar-refractivity contribution is -0.122. The zero-order valence-electron chi connectivity index (χ0n) is 10.7. The Morgan fingerprint density at radius 1 is 1.28 bits per heavy atom. The molecule has 0 aliphatic heterocycles. The number of hydrogen-bond acceptors (Lipinski definition) is 2. The Hall–Kier alpha value is -1.02. The second kappa shape index (κ2) is 6.79. The van der Waals surface area contributed by atoms with E-state index in [0.29, 0.717) is 11.7 Å². The normalized spacial score (nSPS) is 24.6. The Bertz CT molecular complexity index is 399. The highest BCUT2D eigenvalue weighted by Gasteiger charge is 2.28. The maximum Gasteiger partial charge on any atom is 0.137 e. The molecule has 18 heavy (non-hydrogen) atoms. The third-order valence-corrected chi connectivity index (χ3v) is 4.75. The summed E-state index contributed by atoms with van der Waals surface area (Å²) in [5.41, 5.74) is 0. The molecule has 2 atom stereocenters. The van der Waals surface area contributed by atoms with Crippen LogP contribution in [0.4, 0.5) is 0 Å². The summed E-state index contributed by atoms with van der Waals surface area (Å²) in [6.07, 6.45) is 6.07. The first-order chi connectivity index (χ1) is 8.81. The summed E-state index contributed by atoms with van der Waals surface area (Å²) in [5, 5.41) is 0. The van der Waals surface area contributed by atoms with Gasteiger partial charge in [-0.25, -0.2) is 0 Å². The predicted octanol–water partition coefficient (Wildman–Crippen LogP) is 4.34. The van der Waals surface area contributed by atoms with Crippen LogP contribution >= 0.6 is 11.8 Å². The van der Waals surface area contributed by atoms with Crippen molar-refractivity contribution >= 4 is 17.5 Å². The Morgan fingerprint density at radius 2 is 2.06 bits per heavy atom. The zero-order valence-corrected chi connectivity index (χ0v) is 11.5. The van der Waals surface area contributed by atoms with Crippen molar-refractivity contribution in [3.63, 3.8) is 0 Å². The van der Waals surface area contributed by atoms with Gasteiger partial charge in [-0.2, -0.15) is 0 Å². The van der Waals surface area contributed by atoms with E-state index in [2.05, 4.69) is 18.7 Å². The maximum absolute atomic E-state index is 12.1. The summed E-state index contributed by atoms with van der Waals surface area (Å²) in [5.74, 6) is 1.85. The molecule has 0 aromatic heterocycles. The van der Waals surface area contributed by atoms with Crippen molar-refractivity contribution in [2.75, 3.05) is 5.75 Å². The van der Waals surface area contributed by atoms with E-state index in [1.165, 1.54) is 4.90 Å². The lowest BCUT2D eigenvalue weighted by Crippen LogP contribution is -2.22. The average molecular weight is 260 g/mol. The molecule has 0 saturated heterocycles. The third kappa shape index (κ3) is 3.49. The molecule has 1 saturated carbocycles. The van der Waals surface area contributed by atoms with Gasteiger partial charge in [0, 0.05) is 23.0 Å². The van der Waals surface area contributed by atoms with E-state index in [4.69, 9.17) is 0 Å². The molecule has 96 valence electrons. The molecule has 0 N–H and O–H groups in total. The van der Waals surface area contributed by atoms with Crippen molar-refractivity contribution in [2.45, 2.75) is 30.6 Å². The fraction of sp³-hybridized carbons (Fsp3) is 0.438. The van der Waals surface area contributed by atoms with Crippen LogP contribution < -0.4 is 0 Å². The third-order valence-electron chi connectivity index (χ3n) is 3.62. The molecule has 0 radical (unpaired) electrons. The van der Waals surface area contributed by atoms with Crippen LogP contribution in [-0.2, 0) is 4.79 Å². The molecule has 2 rings (SSSR count). The molecule has 0 heterocycles. The summed E-state index contributed by atoms with van der Waals surface area (Å²) < 4.78 is 0. The molecule has 1 nitrogen and oxygen atoms in total. The number of carbonyl (C=O) groups is 1. The standard InChI is InChI=1S/C16H20OS/c1-2-13-8-6-7-11-16(17)15(13)12-18-14-9-4-3-5-10-14/h2-5,9-10,13,15H,1,6-8,11-12H2/t13-,15-/m0/s1. The van der Waals surface area contributed by atoms with Gasteiger partial charge in [-0.05, 0) is 30.9 Å². The molecule has 0 spiro atoms. The first kappa shape index (κ1) is 13.4. The van der Waals surface area contributed by atoms with E-state index < -0.39 is 0 Å². The SMILES string of the molecule is C=C[C@H]1CCCCC(=O)[C@H]1CSc1ccccc1. The number of rotatable bonds is 4. The van der Waals surface area contributed by atoms with Crippen LogP contribution in [0.1, 0.15) is 25.7 Å². The lowest BCUT2D eigenvalue weighted by atomic mass is 9.89. The molecule has 0 bridgehead atoms. The van der Waals surface area contributed by atoms with Gasteiger partial charge >= 0.3 is 0 Å². The van der Waals surface area contributed by atoms with Gasteiger partial charge in [-0.15, -0.1) is 18.3 Å². The first-order valence-corrected chi connectivity index (χ1v) is 7.63. The Labute approximate surface area is 114 Å². The van der Waals surface area contributed by atoms with Crippen LogP contribution in [0.25, 0.3) is 0 Å². The summed E-state index contributed by atoms with van der Waals surface area (Å²) >= 11 is 1.79. The second-order valence-electron chi connectivity index (χ2n) is 4.84. The molecule has 1 fully saturated rings. The van der Waals surface area contributed by atoms with Gasteiger partial charge in [0.1, 0.15) is 5.78 Å². The number of ketones is 1. The van der Waals surface area contributed by atoms with E-state index in [9.17, 15) is 4.79 Å². The highest BCUT2D eigenvalue weighted by molar-refractivity contribution is 7.99. The minimum absolute atomic E-state index is 0.162. The van der Waals surface area contributed by atoms with Crippen molar-refractivity contribution in [3.05, 3.63) is 43.0 Å². The molecule has 0 unspecified atom stereocenters. The van der Waals surface area contributed by atoms with Crippen LogP contribution in [0.3, 0.4) is 0 Å². The fourth-order valence-corrected chi connectivity index (χ4v) is 3.66. The van der Waals surface area contributed by atoms with Crippen LogP contribution in [-0.4, -0.2) is 11.5 Å². The van der Waals surface area contributed by atoms with Crippen molar-refractivity contribution in [1.29, 1.82) is 0 Å². The fourth-order valence-electron chi connectivity index (χ4n) is 2.51. The summed E-state index contributed by atoms with van der Waals surface area (Å²) in [6.45, 7) is 3.90. The Morgan fingerprint density at radius 3 is 2.78 bits per heavy atom. The molecule has 0 amide bonds. The summed E-state index contributed by atoms with van der Waals surface area (Å²) in [4.78, 5) is 13.4. The lowest BCUT2D eigenvalue weighted by Gasteiger charge is -2.20. The number of carbonyl (C=O) groups excluding carboxylic acids is 1. The molecular formula is C16H20OS. The van der Waals surface area contributed by atoms with Crippen molar-refractivity contribution in [1.82, 2.24) is 0 Å². The maximum atomic E-state index is 12.1. The van der Waals surface area contributed by atoms with Crippen LogP contribution in [0.2, 0.25) is 0 Å². The molecule has 1 aliphatic carbocycles. The summed E-state index contributed by atoms with van der Waals surface area (Å²) in [7, 11) is 0. The van der Waals surface area contributed by atoms with Gasteiger partial charge < -0.3 is 0 Å². The Balaban J connectivity index is 2.00. The first-order valence-electron chi connectivity index (χ1n) is 6.64. The number of allylic oxidation sites excluding steroid dienone is 1. The molecule has 1 aliphatic rings. The van der Waals surface area contributed by atoms with Gasteiger partial charge in [0.25, 0.3) is 0 Å². The van der Waals surface area contributed by atoms with Crippen LogP contribution in [0.5, 0.6) is 0 Å². The number of hydrogen-bond donors (Lipinski definition) is 0. The number of Topliss-reactive ketones (excluding diaryl/α,β-unsaturated/α-hetero) is 1. The highest BCUT2D eigenvalue weighted by atomic mass is 32.2. The van der Waals surface area contributed by atoms with E-state index >= 15 is 0 Å². The van der Waals surface area contributed by atoms with E-state index in [0.717, 1.165) is 31.4 Å². The quantitative estimate of drug-likeness (QED) is 0.455. The highest BCUT2D eigenvalue weighted by Crippen LogP contribution is 2.32. The van der Waals surface area contributed by atoms with Crippen LogP contribution in [0, 0.1) is 11.8 Å². The van der Waals surface area contributed by atoms with Gasteiger partial charge in [-0.3, -0.25) is 4.79 Å². The largest absolute Gasteiger partial charge is 0.299 e. The van der Waals surface area contributed by atoms with Gasteiger partial charge in [0.15, 0.2) is 0 Å². The zero-order chi connectivity index (χ0) is 12.8. The second-order valence-corrected chi connectivity index (χ2v) is 5.94. The van der Waals surface area contributed by atoms with Gasteiger partial charge in [0.05, 0.1) is 0 Å². The summed E-state index contributed by atoms with van der Waals surface area (Å²) in [6, 6.07) is 10.3. The van der Waals surface area contributed by atoms with E-state index in [1.54, 1.807) is 11.8 Å². The van der Waals surface area contributed by atoms with Crippen molar-refractivity contribution < 1.29 is 4.79 Å². The van der Waals surface area contributed by atoms with E-state index in [1.807, 2.05) is 24.3 Å². The number of thioether (sulfide) groups is 1. The smallest absolute Gasteiger partial charge is 0.137 e. The molecular weight excluding hydrogens is 240 g/mol. The monoisotopic (exact) mass is 260 g/mol. The minimum atomic E-state index is 0.162.